The van der Waals surface area contributed by atoms with Crippen molar-refractivity contribution in [3.8, 4) is 0 Å². The van der Waals surface area contributed by atoms with Crippen LogP contribution in [0.1, 0.15) is 40.6 Å². The zero-order valence-corrected chi connectivity index (χ0v) is 14.2. The van der Waals surface area contributed by atoms with Crippen molar-refractivity contribution in [2.24, 2.45) is 0 Å². The number of hydrogen-bond donors (Lipinski definition) is 2. The van der Waals surface area contributed by atoms with Gasteiger partial charge in [-0.05, 0) is 42.9 Å². The smallest absolute Gasteiger partial charge is 0.278 e. The van der Waals surface area contributed by atoms with Gasteiger partial charge in [0.05, 0.1) is 0 Å². The first kappa shape index (κ1) is 16.5. The summed E-state index contributed by atoms with van der Waals surface area (Å²) in [7, 11) is 0. The molecule has 1 aliphatic rings. The number of aromatic nitrogens is 3. The number of rotatable bonds is 5. The minimum Gasteiger partial charge on any atom is -0.337 e. The molecule has 2 aromatic rings. The summed E-state index contributed by atoms with van der Waals surface area (Å²) < 4.78 is 0. The topological polar surface area (TPSA) is 91.0 Å². The Morgan fingerprint density at radius 2 is 1.92 bits per heavy atom. The number of benzene rings is 1. The SMILES string of the molecule is CCSc1ccc(C(=O)Nc2n[nH]nc2C(=O)N2CCCC2)cc1. The number of carbonyl (C=O) groups excluding carboxylic acids is 2. The largest absolute Gasteiger partial charge is 0.337 e. The molecular weight excluding hydrogens is 326 g/mol. The normalized spacial score (nSPS) is 14.0. The molecule has 0 saturated carbocycles. The van der Waals surface area contributed by atoms with Crippen LogP contribution in [0.5, 0.6) is 0 Å². The highest BCUT2D eigenvalue weighted by Gasteiger charge is 2.26. The third-order valence-corrected chi connectivity index (χ3v) is 4.70. The highest BCUT2D eigenvalue weighted by molar-refractivity contribution is 7.99. The Bertz CT molecular complexity index is 722. The lowest BCUT2D eigenvalue weighted by atomic mass is 10.2. The van der Waals surface area contributed by atoms with Crippen molar-refractivity contribution in [1.82, 2.24) is 20.3 Å². The average molecular weight is 345 g/mol. The zero-order valence-electron chi connectivity index (χ0n) is 13.4. The van der Waals surface area contributed by atoms with Crippen LogP contribution < -0.4 is 5.32 Å². The van der Waals surface area contributed by atoms with E-state index in [1.54, 1.807) is 28.8 Å². The molecule has 0 aliphatic carbocycles. The maximum Gasteiger partial charge on any atom is 0.278 e. The van der Waals surface area contributed by atoms with Crippen molar-refractivity contribution in [2.45, 2.75) is 24.7 Å². The van der Waals surface area contributed by atoms with Crippen LogP contribution in [0.15, 0.2) is 29.2 Å². The number of nitrogens with zero attached hydrogens (tertiary/aromatic N) is 3. The van der Waals surface area contributed by atoms with Gasteiger partial charge in [0.15, 0.2) is 11.5 Å². The lowest BCUT2D eigenvalue weighted by Gasteiger charge is -2.13. The fourth-order valence-corrected chi connectivity index (χ4v) is 3.25. The van der Waals surface area contributed by atoms with Gasteiger partial charge in [-0.1, -0.05) is 6.92 Å². The van der Waals surface area contributed by atoms with Gasteiger partial charge in [0.1, 0.15) is 0 Å². The van der Waals surface area contributed by atoms with Gasteiger partial charge in [-0.15, -0.1) is 22.0 Å². The van der Waals surface area contributed by atoms with E-state index in [1.807, 2.05) is 12.1 Å². The lowest BCUT2D eigenvalue weighted by Crippen LogP contribution is -2.29. The molecule has 2 amide bonds. The number of carbonyl (C=O) groups is 2. The fraction of sp³-hybridized carbons (Fsp3) is 0.375. The van der Waals surface area contributed by atoms with Crippen LogP contribution in [0, 0.1) is 0 Å². The molecule has 1 fully saturated rings. The van der Waals surface area contributed by atoms with Crippen molar-refractivity contribution in [1.29, 1.82) is 0 Å². The van der Waals surface area contributed by atoms with Gasteiger partial charge in [0, 0.05) is 23.5 Å². The van der Waals surface area contributed by atoms with E-state index in [-0.39, 0.29) is 23.3 Å². The standard InChI is InChI=1S/C16H19N5O2S/c1-2-24-12-7-5-11(6-8-12)15(22)17-14-13(18-20-19-14)16(23)21-9-3-4-10-21/h5-8H,2-4,9-10H2,1H3,(H2,17,18,19,20,22). The molecule has 24 heavy (non-hydrogen) atoms. The van der Waals surface area contributed by atoms with E-state index < -0.39 is 0 Å². The van der Waals surface area contributed by atoms with Crippen molar-refractivity contribution < 1.29 is 9.59 Å². The first-order valence-corrected chi connectivity index (χ1v) is 8.92. The quantitative estimate of drug-likeness (QED) is 0.812. The number of anilines is 1. The molecule has 1 saturated heterocycles. The minimum absolute atomic E-state index is 0.156. The minimum atomic E-state index is -0.313. The molecule has 1 aromatic carbocycles. The third-order valence-electron chi connectivity index (χ3n) is 3.80. The summed E-state index contributed by atoms with van der Waals surface area (Å²) in [5.74, 6) is 0.634. The second-order valence-electron chi connectivity index (χ2n) is 5.43. The van der Waals surface area contributed by atoms with Crippen molar-refractivity contribution in [3.63, 3.8) is 0 Å². The van der Waals surface area contributed by atoms with Crippen LogP contribution in [-0.2, 0) is 0 Å². The summed E-state index contributed by atoms with van der Waals surface area (Å²) in [5.41, 5.74) is 0.668. The Kier molecular flexibility index (Phi) is 5.14. The lowest BCUT2D eigenvalue weighted by molar-refractivity contribution is 0.0788. The van der Waals surface area contributed by atoms with E-state index in [2.05, 4.69) is 27.7 Å². The van der Waals surface area contributed by atoms with Gasteiger partial charge in [0.25, 0.3) is 11.8 Å². The van der Waals surface area contributed by atoms with Crippen molar-refractivity contribution >= 4 is 29.4 Å². The third kappa shape index (κ3) is 3.59. The molecule has 0 bridgehead atoms. The summed E-state index contributed by atoms with van der Waals surface area (Å²) >= 11 is 1.71. The molecule has 2 N–H and O–H groups in total. The van der Waals surface area contributed by atoms with Crippen molar-refractivity contribution in [2.75, 3.05) is 24.2 Å². The molecule has 8 heteroatoms. The molecule has 3 rings (SSSR count). The summed E-state index contributed by atoms with van der Waals surface area (Å²) in [4.78, 5) is 27.6. The maximum atomic E-state index is 12.4. The molecule has 126 valence electrons. The molecule has 1 aliphatic heterocycles. The Hall–Kier alpha value is -2.35. The van der Waals surface area contributed by atoms with Crippen LogP contribution in [0.4, 0.5) is 5.82 Å². The Morgan fingerprint density at radius 1 is 1.21 bits per heavy atom. The first-order chi connectivity index (χ1) is 11.7. The Morgan fingerprint density at radius 3 is 2.58 bits per heavy atom. The van der Waals surface area contributed by atoms with Gasteiger partial charge in [0.2, 0.25) is 0 Å². The number of nitrogens with one attached hydrogen (secondary N) is 2. The zero-order chi connectivity index (χ0) is 16.9. The number of hydrogen-bond acceptors (Lipinski definition) is 5. The first-order valence-electron chi connectivity index (χ1n) is 7.93. The van der Waals surface area contributed by atoms with E-state index >= 15 is 0 Å². The highest BCUT2D eigenvalue weighted by atomic mass is 32.2. The Balaban J connectivity index is 1.70. The van der Waals surface area contributed by atoms with E-state index in [1.165, 1.54) is 0 Å². The molecular formula is C16H19N5O2S. The predicted molar refractivity (Wildman–Crippen MR) is 92.3 cm³/mol. The monoisotopic (exact) mass is 345 g/mol. The highest BCUT2D eigenvalue weighted by Crippen LogP contribution is 2.19. The molecule has 7 nitrogen and oxygen atoms in total. The summed E-state index contributed by atoms with van der Waals surface area (Å²) in [6.07, 6.45) is 1.99. The second kappa shape index (κ2) is 7.48. The molecule has 1 aromatic heterocycles. The molecule has 0 atom stereocenters. The van der Waals surface area contributed by atoms with Crippen LogP contribution >= 0.6 is 11.8 Å². The van der Waals surface area contributed by atoms with E-state index in [4.69, 9.17) is 0 Å². The van der Waals surface area contributed by atoms with Crippen LogP contribution in [0.2, 0.25) is 0 Å². The Labute approximate surface area is 144 Å². The van der Waals surface area contributed by atoms with E-state index in [0.717, 1.165) is 36.6 Å². The summed E-state index contributed by atoms with van der Waals surface area (Å²) in [6, 6.07) is 7.33. The van der Waals surface area contributed by atoms with Crippen molar-refractivity contribution in [3.05, 3.63) is 35.5 Å². The van der Waals surface area contributed by atoms with E-state index in [0.29, 0.717) is 5.56 Å². The number of H-pyrrole nitrogens is 1. The van der Waals surface area contributed by atoms with Gasteiger partial charge in [-0.2, -0.15) is 5.21 Å². The molecule has 0 unspecified atom stereocenters. The molecule has 2 heterocycles. The predicted octanol–water partition coefficient (Wildman–Crippen LogP) is 2.41. The van der Waals surface area contributed by atoms with Gasteiger partial charge < -0.3 is 10.2 Å². The average Bonchev–Trinajstić information content (AvgIpc) is 3.27. The van der Waals surface area contributed by atoms with Gasteiger partial charge in [-0.25, -0.2) is 0 Å². The fourth-order valence-electron chi connectivity index (χ4n) is 2.59. The summed E-state index contributed by atoms with van der Waals surface area (Å²) in [6.45, 7) is 3.51. The van der Waals surface area contributed by atoms with Gasteiger partial charge >= 0.3 is 0 Å². The molecule has 0 radical (unpaired) electrons. The number of amides is 2. The molecule has 0 spiro atoms. The van der Waals surface area contributed by atoms with Crippen LogP contribution in [-0.4, -0.2) is 51.0 Å². The second-order valence-corrected chi connectivity index (χ2v) is 6.77. The number of likely N-dealkylation sites (tertiary alicyclic amines) is 1. The van der Waals surface area contributed by atoms with Crippen LogP contribution in [0.25, 0.3) is 0 Å². The van der Waals surface area contributed by atoms with Gasteiger partial charge in [-0.3, -0.25) is 9.59 Å². The van der Waals surface area contributed by atoms with Crippen LogP contribution in [0.3, 0.4) is 0 Å². The van der Waals surface area contributed by atoms with E-state index in [9.17, 15) is 9.59 Å². The maximum absolute atomic E-state index is 12.4. The number of thioether (sulfide) groups is 1. The number of aromatic amines is 1. The summed E-state index contributed by atoms with van der Waals surface area (Å²) in [5, 5.41) is 12.9.